The van der Waals surface area contributed by atoms with E-state index in [0.29, 0.717) is 10.0 Å². The molecule has 0 fully saturated rings. The van der Waals surface area contributed by atoms with E-state index >= 15 is 0 Å². The Morgan fingerprint density at radius 3 is 2.70 bits per heavy atom. The van der Waals surface area contributed by atoms with Crippen molar-refractivity contribution >= 4 is 23.2 Å². The molecule has 0 aliphatic rings. The molecule has 108 valence electrons. The molecule has 20 heavy (non-hydrogen) atoms. The molecular weight excluding hydrogens is 293 g/mol. The van der Waals surface area contributed by atoms with E-state index in [1.807, 2.05) is 30.9 Å². The molecule has 0 spiro atoms. The van der Waals surface area contributed by atoms with Gasteiger partial charge in [0.15, 0.2) is 0 Å². The molecule has 0 radical (unpaired) electrons. The Bertz CT molecular complexity index is 593. The van der Waals surface area contributed by atoms with Gasteiger partial charge in [0, 0.05) is 25.2 Å². The molecule has 0 bridgehead atoms. The van der Waals surface area contributed by atoms with Crippen LogP contribution >= 0.6 is 23.2 Å². The highest BCUT2D eigenvalue weighted by Gasteiger charge is 2.17. The van der Waals surface area contributed by atoms with Crippen LogP contribution in [0.25, 0.3) is 0 Å². The summed E-state index contributed by atoms with van der Waals surface area (Å²) in [4.78, 5) is 0. The number of aryl methyl sites for hydroxylation is 2. The summed E-state index contributed by atoms with van der Waals surface area (Å²) in [5, 5.41) is 8.99. The first-order valence-electron chi connectivity index (χ1n) is 6.69. The van der Waals surface area contributed by atoms with Crippen LogP contribution in [0.4, 0.5) is 0 Å². The third-order valence-electron chi connectivity index (χ3n) is 3.51. The number of aromatic nitrogens is 2. The van der Waals surface area contributed by atoms with Gasteiger partial charge in [-0.15, -0.1) is 0 Å². The summed E-state index contributed by atoms with van der Waals surface area (Å²) in [6, 6.07) is 7.99. The molecule has 2 aromatic rings. The number of benzene rings is 1. The van der Waals surface area contributed by atoms with Crippen LogP contribution in [0.2, 0.25) is 10.0 Å². The lowest BCUT2D eigenvalue weighted by atomic mass is 10.0. The van der Waals surface area contributed by atoms with Crippen molar-refractivity contribution < 1.29 is 0 Å². The maximum atomic E-state index is 6.31. The van der Waals surface area contributed by atoms with Crippen LogP contribution in [0.15, 0.2) is 24.3 Å². The van der Waals surface area contributed by atoms with Crippen molar-refractivity contribution in [3.63, 3.8) is 0 Å². The second kappa shape index (κ2) is 6.61. The zero-order valence-corrected chi connectivity index (χ0v) is 13.5. The first-order chi connectivity index (χ1) is 9.56. The Kier molecular flexibility index (Phi) is 5.08. The number of hydrogen-bond acceptors (Lipinski definition) is 2. The van der Waals surface area contributed by atoms with Crippen molar-refractivity contribution in [3.05, 3.63) is 51.3 Å². The fourth-order valence-electron chi connectivity index (χ4n) is 2.30. The summed E-state index contributed by atoms with van der Waals surface area (Å²) in [5.41, 5.74) is 3.30. The zero-order chi connectivity index (χ0) is 14.7. The predicted molar refractivity (Wildman–Crippen MR) is 84.6 cm³/mol. The topological polar surface area (TPSA) is 29.9 Å². The molecule has 0 amide bonds. The third-order valence-corrected chi connectivity index (χ3v) is 4.34. The minimum Gasteiger partial charge on any atom is -0.313 e. The van der Waals surface area contributed by atoms with Gasteiger partial charge in [0.25, 0.3) is 0 Å². The molecule has 1 heterocycles. The van der Waals surface area contributed by atoms with Crippen LogP contribution in [0, 0.1) is 0 Å². The standard InChI is InChI=1S/C15H19Cl2N3/c1-4-10-8-11(20(3)19-10)9-14(18-2)12-6-5-7-13(16)15(12)17/h5-8,14,18H,4,9H2,1-3H3. The summed E-state index contributed by atoms with van der Waals surface area (Å²) in [7, 11) is 3.90. The molecule has 1 aromatic heterocycles. The molecule has 5 heteroatoms. The van der Waals surface area contributed by atoms with Crippen LogP contribution in [-0.4, -0.2) is 16.8 Å². The van der Waals surface area contributed by atoms with E-state index < -0.39 is 0 Å². The molecular formula is C15H19Cl2N3. The van der Waals surface area contributed by atoms with E-state index in [0.717, 1.165) is 24.1 Å². The first kappa shape index (κ1) is 15.4. The smallest absolute Gasteiger partial charge is 0.0640 e. The quantitative estimate of drug-likeness (QED) is 0.910. The van der Waals surface area contributed by atoms with Gasteiger partial charge in [-0.2, -0.15) is 5.10 Å². The van der Waals surface area contributed by atoms with Crippen LogP contribution < -0.4 is 5.32 Å². The minimum absolute atomic E-state index is 0.112. The normalized spacial score (nSPS) is 12.7. The fraction of sp³-hybridized carbons (Fsp3) is 0.400. The highest BCUT2D eigenvalue weighted by molar-refractivity contribution is 6.42. The van der Waals surface area contributed by atoms with E-state index in [4.69, 9.17) is 23.2 Å². The third kappa shape index (κ3) is 3.17. The summed E-state index contributed by atoms with van der Waals surface area (Å²) in [6.07, 6.45) is 1.76. The van der Waals surface area contributed by atoms with Crippen LogP contribution in [0.1, 0.15) is 29.9 Å². The van der Waals surface area contributed by atoms with Gasteiger partial charge >= 0.3 is 0 Å². The van der Waals surface area contributed by atoms with Gasteiger partial charge in [0.2, 0.25) is 0 Å². The summed E-state index contributed by atoms with van der Waals surface area (Å²) in [6.45, 7) is 2.11. The number of nitrogens with zero attached hydrogens (tertiary/aromatic N) is 2. The van der Waals surface area contributed by atoms with Crippen molar-refractivity contribution in [2.45, 2.75) is 25.8 Å². The van der Waals surface area contributed by atoms with Gasteiger partial charge in [0.05, 0.1) is 15.7 Å². The molecule has 0 aliphatic carbocycles. The number of rotatable bonds is 5. The maximum absolute atomic E-state index is 6.31. The maximum Gasteiger partial charge on any atom is 0.0640 e. The lowest BCUT2D eigenvalue weighted by molar-refractivity contribution is 0.561. The monoisotopic (exact) mass is 311 g/mol. The zero-order valence-electron chi connectivity index (χ0n) is 12.0. The van der Waals surface area contributed by atoms with Gasteiger partial charge in [-0.1, -0.05) is 42.3 Å². The number of hydrogen-bond donors (Lipinski definition) is 1. The van der Waals surface area contributed by atoms with E-state index in [1.54, 1.807) is 6.07 Å². The highest BCUT2D eigenvalue weighted by atomic mass is 35.5. The SMILES string of the molecule is CCc1cc(CC(NC)c2cccc(Cl)c2Cl)n(C)n1. The van der Waals surface area contributed by atoms with E-state index in [9.17, 15) is 0 Å². The molecule has 1 N–H and O–H groups in total. The molecule has 1 aromatic carbocycles. The lowest BCUT2D eigenvalue weighted by Crippen LogP contribution is -2.20. The molecule has 0 aliphatic heterocycles. The van der Waals surface area contributed by atoms with Gasteiger partial charge in [-0.25, -0.2) is 0 Å². The van der Waals surface area contributed by atoms with E-state index in [2.05, 4.69) is 23.4 Å². The van der Waals surface area contributed by atoms with Crippen molar-refractivity contribution in [2.24, 2.45) is 7.05 Å². The molecule has 1 unspecified atom stereocenters. The minimum atomic E-state index is 0.112. The van der Waals surface area contributed by atoms with Crippen LogP contribution in [0.3, 0.4) is 0 Å². The van der Waals surface area contributed by atoms with E-state index in [1.165, 1.54) is 5.69 Å². The summed E-state index contributed by atoms with van der Waals surface area (Å²) in [5.74, 6) is 0. The van der Waals surface area contributed by atoms with Crippen molar-refractivity contribution in [1.82, 2.24) is 15.1 Å². The fourth-order valence-corrected chi connectivity index (χ4v) is 2.74. The van der Waals surface area contributed by atoms with Crippen molar-refractivity contribution in [1.29, 1.82) is 0 Å². The Morgan fingerprint density at radius 1 is 1.35 bits per heavy atom. The number of halogens is 2. The van der Waals surface area contributed by atoms with Crippen molar-refractivity contribution in [3.8, 4) is 0 Å². The highest BCUT2D eigenvalue weighted by Crippen LogP contribution is 2.31. The summed E-state index contributed by atoms with van der Waals surface area (Å²) >= 11 is 12.4. The van der Waals surface area contributed by atoms with Crippen LogP contribution in [-0.2, 0) is 19.9 Å². The average Bonchev–Trinajstić information content (AvgIpc) is 2.80. The predicted octanol–water partition coefficient (Wildman–Crippen LogP) is 3.79. The Hall–Kier alpha value is -1.03. The second-order valence-electron chi connectivity index (χ2n) is 4.79. The Balaban J connectivity index is 2.28. The number of likely N-dealkylation sites (N-methyl/N-ethyl adjacent to an activating group) is 1. The van der Waals surface area contributed by atoms with Gasteiger partial charge in [-0.05, 0) is 31.2 Å². The average molecular weight is 312 g/mol. The van der Waals surface area contributed by atoms with Crippen molar-refractivity contribution in [2.75, 3.05) is 7.05 Å². The molecule has 3 nitrogen and oxygen atoms in total. The Morgan fingerprint density at radius 2 is 2.10 bits per heavy atom. The van der Waals surface area contributed by atoms with Crippen LogP contribution in [0.5, 0.6) is 0 Å². The first-order valence-corrected chi connectivity index (χ1v) is 7.45. The molecule has 0 saturated heterocycles. The number of nitrogens with one attached hydrogen (secondary N) is 1. The lowest BCUT2D eigenvalue weighted by Gasteiger charge is -2.18. The Labute approximate surface area is 129 Å². The largest absolute Gasteiger partial charge is 0.313 e. The van der Waals surface area contributed by atoms with Gasteiger partial charge in [0.1, 0.15) is 0 Å². The van der Waals surface area contributed by atoms with Gasteiger partial charge < -0.3 is 5.32 Å². The summed E-state index contributed by atoms with van der Waals surface area (Å²) < 4.78 is 1.93. The molecule has 0 saturated carbocycles. The van der Waals surface area contributed by atoms with Gasteiger partial charge in [-0.3, -0.25) is 4.68 Å². The molecule has 2 rings (SSSR count). The second-order valence-corrected chi connectivity index (χ2v) is 5.58. The van der Waals surface area contributed by atoms with E-state index in [-0.39, 0.29) is 6.04 Å². The molecule has 1 atom stereocenters.